The Balaban J connectivity index is 2.23. The summed E-state index contributed by atoms with van der Waals surface area (Å²) in [4.78, 5) is 11.6. The van der Waals surface area contributed by atoms with E-state index in [0.717, 1.165) is 12.8 Å². The van der Waals surface area contributed by atoms with Crippen molar-refractivity contribution in [1.29, 1.82) is 0 Å². The lowest BCUT2D eigenvalue weighted by molar-refractivity contribution is -0.117. The molecule has 15 heavy (non-hydrogen) atoms. The highest BCUT2D eigenvalue weighted by atomic mass is 16.1. The van der Waals surface area contributed by atoms with E-state index in [1.54, 1.807) is 0 Å². The van der Waals surface area contributed by atoms with E-state index in [9.17, 15) is 4.79 Å². The van der Waals surface area contributed by atoms with Gasteiger partial charge in [-0.3, -0.25) is 4.79 Å². The molecule has 77 valence electrons. The molecule has 1 aliphatic rings. The summed E-state index contributed by atoms with van der Waals surface area (Å²) in [6.07, 6.45) is 9.38. The van der Waals surface area contributed by atoms with Gasteiger partial charge in [0.2, 0.25) is 0 Å². The van der Waals surface area contributed by atoms with E-state index in [4.69, 9.17) is 0 Å². The zero-order valence-electron chi connectivity index (χ0n) is 8.78. The number of rotatable bonds is 0. The highest BCUT2D eigenvalue weighted by Crippen LogP contribution is 2.15. The van der Waals surface area contributed by atoms with Gasteiger partial charge in [0.15, 0.2) is 0 Å². The minimum Gasteiger partial charge on any atom is -0.299 e. The Hall–Kier alpha value is -1.37. The van der Waals surface area contributed by atoms with E-state index >= 15 is 0 Å². The second-order valence-corrected chi connectivity index (χ2v) is 3.89. The molecule has 1 radical (unpaired) electrons. The average molecular weight is 199 g/mol. The Bertz CT molecular complexity index is 377. The number of carbonyl (C=O) groups excluding carboxylic acids is 1. The topological polar surface area (TPSA) is 17.1 Å². The molecule has 0 N–H and O–H groups in total. The molecule has 0 aliphatic heterocycles. The Morgan fingerprint density at radius 3 is 2.60 bits per heavy atom. The van der Waals surface area contributed by atoms with Gasteiger partial charge in [0.05, 0.1) is 0 Å². The third-order valence-electron chi connectivity index (χ3n) is 2.69. The van der Waals surface area contributed by atoms with Crippen LogP contribution in [0, 0.1) is 6.42 Å². The lowest BCUT2D eigenvalue weighted by Crippen LogP contribution is -2.05. The highest BCUT2D eigenvalue weighted by Gasteiger charge is 2.07. The van der Waals surface area contributed by atoms with Crippen molar-refractivity contribution in [3.63, 3.8) is 0 Å². The van der Waals surface area contributed by atoms with Crippen LogP contribution in [-0.2, 0) is 17.6 Å². The Labute approximate surface area is 90.8 Å². The summed E-state index contributed by atoms with van der Waals surface area (Å²) in [7, 11) is 0. The van der Waals surface area contributed by atoms with Crippen LogP contribution < -0.4 is 0 Å². The molecule has 0 saturated heterocycles. The van der Waals surface area contributed by atoms with Crippen LogP contribution in [0.1, 0.15) is 24.0 Å². The zero-order valence-corrected chi connectivity index (χ0v) is 8.78. The van der Waals surface area contributed by atoms with Crippen molar-refractivity contribution in [2.24, 2.45) is 0 Å². The molecule has 0 spiro atoms. The summed E-state index contributed by atoms with van der Waals surface area (Å²) in [6, 6.07) is 8.23. The van der Waals surface area contributed by atoms with Gasteiger partial charge in [-0.15, -0.1) is 0 Å². The maximum atomic E-state index is 11.6. The van der Waals surface area contributed by atoms with Crippen LogP contribution in [0.5, 0.6) is 0 Å². The summed E-state index contributed by atoms with van der Waals surface area (Å²) in [5.41, 5.74) is 2.48. The van der Waals surface area contributed by atoms with Crippen LogP contribution >= 0.6 is 0 Å². The minimum absolute atomic E-state index is 0.306. The van der Waals surface area contributed by atoms with Crippen molar-refractivity contribution >= 4 is 5.78 Å². The molecular formula is C14H15O. The molecule has 0 atom stereocenters. The summed E-state index contributed by atoms with van der Waals surface area (Å²) in [5.74, 6) is 0.306. The number of hydrogen-bond donors (Lipinski definition) is 0. The van der Waals surface area contributed by atoms with Crippen LogP contribution in [0.2, 0.25) is 0 Å². The molecule has 0 bridgehead atoms. The highest BCUT2D eigenvalue weighted by molar-refractivity contribution is 5.82. The van der Waals surface area contributed by atoms with E-state index in [0.29, 0.717) is 18.6 Å². The Morgan fingerprint density at radius 2 is 1.73 bits per heavy atom. The van der Waals surface area contributed by atoms with Crippen molar-refractivity contribution in [1.82, 2.24) is 0 Å². The Morgan fingerprint density at radius 1 is 0.933 bits per heavy atom. The van der Waals surface area contributed by atoms with Crippen molar-refractivity contribution in [3.05, 3.63) is 54.0 Å². The van der Waals surface area contributed by atoms with Gasteiger partial charge in [0.1, 0.15) is 5.78 Å². The van der Waals surface area contributed by atoms with Gasteiger partial charge in [-0.05, 0) is 30.4 Å². The number of Topliss-reactive ketones (excluding diaryl/α,β-unsaturated/α-hetero) is 1. The van der Waals surface area contributed by atoms with Crippen LogP contribution in [0.15, 0.2) is 36.4 Å². The molecule has 0 heterocycles. The monoisotopic (exact) mass is 199 g/mol. The normalized spacial score (nSPS) is 19.3. The maximum absolute atomic E-state index is 11.6. The number of carbonyl (C=O) groups is 1. The molecule has 0 amide bonds. The first-order valence-electron chi connectivity index (χ1n) is 5.41. The van der Waals surface area contributed by atoms with E-state index < -0.39 is 0 Å². The van der Waals surface area contributed by atoms with Gasteiger partial charge in [-0.25, -0.2) is 0 Å². The molecule has 1 nitrogen and oxygen atoms in total. The minimum atomic E-state index is 0.306. The number of allylic oxidation sites excluding steroid dienone is 2. The van der Waals surface area contributed by atoms with Gasteiger partial charge < -0.3 is 0 Å². The molecular weight excluding hydrogens is 184 g/mol. The fraction of sp³-hybridized carbons (Fsp3) is 0.286. The van der Waals surface area contributed by atoms with Crippen LogP contribution in [0.4, 0.5) is 0 Å². The van der Waals surface area contributed by atoms with Gasteiger partial charge >= 0.3 is 0 Å². The largest absolute Gasteiger partial charge is 0.299 e. The van der Waals surface area contributed by atoms with Crippen molar-refractivity contribution in [2.75, 3.05) is 0 Å². The molecule has 1 aromatic carbocycles. The second kappa shape index (κ2) is 4.92. The lowest BCUT2D eigenvalue weighted by atomic mass is 9.96. The van der Waals surface area contributed by atoms with Crippen LogP contribution in [0.3, 0.4) is 0 Å². The van der Waals surface area contributed by atoms with Crippen LogP contribution in [0.25, 0.3) is 0 Å². The second-order valence-electron chi connectivity index (χ2n) is 3.89. The quantitative estimate of drug-likeness (QED) is 0.587. The predicted octanol–water partition coefficient (Wildman–Crippen LogP) is 2.89. The van der Waals surface area contributed by atoms with Crippen LogP contribution in [-0.4, -0.2) is 5.78 Å². The number of hydrogen-bond acceptors (Lipinski definition) is 1. The van der Waals surface area contributed by atoms with E-state index in [1.165, 1.54) is 11.1 Å². The first kappa shape index (κ1) is 10.2. The fourth-order valence-electron chi connectivity index (χ4n) is 1.86. The third kappa shape index (κ3) is 2.79. The van der Waals surface area contributed by atoms with Crippen molar-refractivity contribution in [3.8, 4) is 0 Å². The van der Waals surface area contributed by atoms with E-state index in [1.807, 2.05) is 18.2 Å². The molecule has 0 unspecified atom stereocenters. The number of ketones is 1. The smallest absolute Gasteiger partial charge is 0.141 e. The molecule has 1 aliphatic carbocycles. The predicted molar refractivity (Wildman–Crippen MR) is 61.5 cm³/mol. The van der Waals surface area contributed by atoms with E-state index in [2.05, 4.69) is 24.6 Å². The summed E-state index contributed by atoms with van der Waals surface area (Å²) < 4.78 is 0. The Kier molecular flexibility index (Phi) is 3.33. The van der Waals surface area contributed by atoms with E-state index in [-0.39, 0.29) is 0 Å². The molecule has 1 heteroatoms. The van der Waals surface area contributed by atoms with Crippen molar-refractivity contribution < 1.29 is 4.79 Å². The first-order valence-corrected chi connectivity index (χ1v) is 5.41. The summed E-state index contributed by atoms with van der Waals surface area (Å²) >= 11 is 0. The zero-order chi connectivity index (χ0) is 10.5. The fourth-order valence-corrected chi connectivity index (χ4v) is 1.86. The maximum Gasteiger partial charge on any atom is 0.141 e. The summed E-state index contributed by atoms with van der Waals surface area (Å²) in [5, 5.41) is 0. The third-order valence-corrected chi connectivity index (χ3v) is 2.69. The van der Waals surface area contributed by atoms with Gasteiger partial charge in [-0.2, -0.15) is 0 Å². The SMILES string of the molecule is O=C1C/C=C\C[CH]Cc2ccccc2C1. The number of fused-ring (bicyclic) bond motifs is 1. The first-order chi connectivity index (χ1) is 7.36. The standard InChI is InChI=1S/C14H15O/c15-14-10-4-2-1-3-7-12-8-5-6-9-13(12)11-14/h2-6,8-9H,1,7,10-11H2/b4-2-. The van der Waals surface area contributed by atoms with Crippen molar-refractivity contribution in [2.45, 2.75) is 25.7 Å². The summed E-state index contributed by atoms with van der Waals surface area (Å²) in [6.45, 7) is 0. The molecule has 0 saturated carbocycles. The average Bonchev–Trinajstić information content (AvgIpc) is 2.25. The molecule has 1 aromatic rings. The lowest BCUT2D eigenvalue weighted by Gasteiger charge is -2.09. The molecule has 0 fully saturated rings. The van der Waals surface area contributed by atoms with Gasteiger partial charge in [0, 0.05) is 12.8 Å². The van der Waals surface area contributed by atoms with Gasteiger partial charge in [-0.1, -0.05) is 36.4 Å². The van der Waals surface area contributed by atoms with Gasteiger partial charge in [0.25, 0.3) is 0 Å². The molecule has 0 aromatic heterocycles. The molecule has 2 rings (SSSR count). The number of benzene rings is 1.